The summed E-state index contributed by atoms with van der Waals surface area (Å²) in [6.07, 6.45) is 1.09. The van der Waals surface area contributed by atoms with Crippen molar-refractivity contribution in [2.75, 3.05) is 5.32 Å². The Morgan fingerprint density at radius 2 is 1.70 bits per heavy atom. The molecule has 3 aromatic carbocycles. The maximum Gasteiger partial charge on any atom is 0.255 e. The van der Waals surface area contributed by atoms with Gasteiger partial charge in [0.15, 0.2) is 5.58 Å². The predicted molar refractivity (Wildman–Crippen MR) is 122 cm³/mol. The number of fused-ring (bicyclic) bond motifs is 1. The second-order valence-corrected chi connectivity index (χ2v) is 7.96. The van der Waals surface area contributed by atoms with Crippen LogP contribution in [0.15, 0.2) is 65.1 Å². The molecule has 1 amide bonds. The fraction of sp³-hybridized carbons (Fsp3) is 0.231. The first-order valence-corrected chi connectivity index (χ1v) is 10.3. The highest BCUT2D eigenvalue weighted by Crippen LogP contribution is 2.28. The maximum atomic E-state index is 12.6. The van der Waals surface area contributed by atoms with E-state index in [1.165, 1.54) is 5.56 Å². The molecule has 0 aliphatic rings. The third-order valence-electron chi connectivity index (χ3n) is 5.47. The lowest BCUT2D eigenvalue weighted by molar-refractivity contribution is 0.102. The Bertz CT molecular complexity index is 1190. The van der Waals surface area contributed by atoms with Crippen LogP contribution in [0.2, 0.25) is 0 Å². The molecule has 4 aromatic rings. The van der Waals surface area contributed by atoms with E-state index in [2.05, 4.69) is 42.3 Å². The number of nitrogens with zero attached hydrogens (tertiary/aromatic N) is 1. The van der Waals surface area contributed by atoms with Gasteiger partial charge in [0.1, 0.15) is 5.52 Å². The molecule has 0 bridgehead atoms. The number of benzene rings is 3. The SMILES string of the molecule is CC[C@@H](C)c1ccc2oc(-c3ccc(NC(=O)c4cc(C)cc(C)c4)cc3)nc2c1. The molecule has 152 valence electrons. The third kappa shape index (κ3) is 4.13. The van der Waals surface area contributed by atoms with Gasteiger partial charge in [-0.15, -0.1) is 0 Å². The van der Waals surface area contributed by atoms with E-state index in [1.54, 1.807) is 0 Å². The normalized spacial score (nSPS) is 12.1. The van der Waals surface area contributed by atoms with Crippen molar-refractivity contribution in [3.63, 3.8) is 0 Å². The summed E-state index contributed by atoms with van der Waals surface area (Å²) >= 11 is 0. The molecule has 0 radical (unpaired) electrons. The molecule has 30 heavy (non-hydrogen) atoms. The Morgan fingerprint density at radius 1 is 1.00 bits per heavy atom. The molecule has 0 saturated carbocycles. The highest BCUT2D eigenvalue weighted by molar-refractivity contribution is 6.04. The average molecular weight is 399 g/mol. The Balaban J connectivity index is 1.53. The lowest BCUT2D eigenvalue weighted by Gasteiger charge is -2.07. The summed E-state index contributed by atoms with van der Waals surface area (Å²) in [7, 11) is 0. The van der Waals surface area contributed by atoms with Crippen molar-refractivity contribution >= 4 is 22.7 Å². The predicted octanol–water partition coefficient (Wildman–Crippen LogP) is 6.88. The molecule has 0 unspecified atom stereocenters. The molecule has 0 saturated heterocycles. The van der Waals surface area contributed by atoms with Gasteiger partial charge in [-0.05, 0) is 80.3 Å². The number of hydrogen-bond donors (Lipinski definition) is 1. The van der Waals surface area contributed by atoms with Gasteiger partial charge in [0.05, 0.1) is 0 Å². The first-order chi connectivity index (χ1) is 14.4. The van der Waals surface area contributed by atoms with Crippen LogP contribution < -0.4 is 5.32 Å². The summed E-state index contributed by atoms with van der Waals surface area (Å²) in [5.74, 6) is 0.960. The van der Waals surface area contributed by atoms with Gasteiger partial charge < -0.3 is 9.73 Å². The molecule has 1 atom stereocenters. The van der Waals surface area contributed by atoms with Gasteiger partial charge in [0.2, 0.25) is 5.89 Å². The highest BCUT2D eigenvalue weighted by Gasteiger charge is 2.12. The van der Waals surface area contributed by atoms with Crippen LogP contribution in [0.5, 0.6) is 0 Å². The van der Waals surface area contributed by atoms with Crippen LogP contribution in [0.25, 0.3) is 22.6 Å². The number of oxazole rings is 1. The van der Waals surface area contributed by atoms with Gasteiger partial charge in [0.25, 0.3) is 5.91 Å². The van der Waals surface area contributed by atoms with E-state index < -0.39 is 0 Å². The van der Waals surface area contributed by atoms with Crippen LogP contribution >= 0.6 is 0 Å². The van der Waals surface area contributed by atoms with Crippen molar-refractivity contribution in [1.82, 2.24) is 4.98 Å². The van der Waals surface area contributed by atoms with Gasteiger partial charge >= 0.3 is 0 Å². The molecule has 0 spiro atoms. The number of aromatic nitrogens is 1. The lowest BCUT2D eigenvalue weighted by Crippen LogP contribution is -2.12. The van der Waals surface area contributed by atoms with Crippen molar-refractivity contribution in [3.05, 3.63) is 82.9 Å². The zero-order valence-electron chi connectivity index (χ0n) is 17.8. The summed E-state index contributed by atoms with van der Waals surface area (Å²) in [6.45, 7) is 8.38. The van der Waals surface area contributed by atoms with Crippen LogP contribution in [0.3, 0.4) is 0 Å². The summed E-state index contributed by atoms with van der Waals surface area (Å²) in [5, 5.41) is 2.95. The number of amides is 1. The molecular formula is C26H26N2O2. The van der Waals surface area contributed by atoms with Gasteiger partial charge in [-0.25, -0.2) is 4.98 Å². The average Bonchev–Trinajstić information content (AvgIpc) is 3.16. The minimum atomic E-state index is -0.117. The molecule has 0 aliphatic heterocycles. The highest BCUT2D eigenvalue weighted by atomic mass is 16.3. The number of hydrogen-bond acceptors (Lipinski definition) is 3. The molecule has 0 aliphatic carbocycles. The van der Waals surface area contributed by atoms with E-state index in [9.17, 15) is 4.79 Å². The number of anilines is 1. The van der Waals surface area contributed by atoms with Crippen LogP contribution in [0, 0.1) is 13.8 Å². The van der Waals surface area contributed by atoms with Crippen molar-refractivity contribution in [2.24, 2.45) is 0 Å². The van der Waals surface area contributed by atoms with E-state index >= 15 is 0 Å². The zero-order valence-corrected chi connectivity index (χ0v) is 17.8. The minimum Gasteiger partial charge on any atom is -0.436 e. The summed E-state index contributed by atoms with van der Waals surface area (Å²) in [4.78, 5) is 17.2. The van der Waals surface area contributed by atoms with E-state index in [0.29, 0.717) is 17.4 Å². The van der Waals surface area contributed by atoms with E-state index in [-0.39, 0.29) is 5.91 Å². The third-order valence-corrected chi connectivity index (χ3v) is 5.47. The van der Waals surface area contributed by atoms with Crippen LogP contribution in [-0.4, -0.2) is 10.9 Å². The van der Waals surface area contributed by atoms with Gasteiger partial charge in [-0.2, -0.15) is 0 Å². The molecule has 1 heterocycles. The molecule has 1 aromatic heterocycles. The van der Waals surface area contributed by atoms with Crippen molar-refractivity contribution in [2.45, 2.75) is 40.0 Å². The standard InChI is InChI=1S/C26H26N2O2/c1-5-18(4)20-8-11-24-23(15-20)28-26(30-24)19-6-9-22(10-7-19)27-25(29)21-13-16(2)12-17(3)14-21/h6-15,18H,5H2,1-4H3,(H,27,29)/t18-/m1/s1. The molecule has 0 fully saturated rings. The summed E-state index contributed by atoms with van der Waals surface area (Å²) < 4.78 is 5.94. The Kier molecular flexibility index (Phi) is 5.40. The largest absolute Gasteiger partial charge is 0.436 e. The molecular weight excluding hydrogens is 372 g/mol. The van der Waals surface area contributed by atoms with Gasteiger partial charge in [-0.3, -0.25) is 4.79 Å². The van der Waals surface area contributed by atoms with Gasteiger partial charge in [0, 0.05) is 16.8 Å². The van der Waals surface area contributed by atoms with Crippen LogP contribution in [-0.2, 0) is 0 Å². The smallest absolute Gasteiger partial charge is 0.255 e. The van der Waals surface area contributed by atoms with Crippen molar-refractivity contribution < 1.29 is 9.21 Å². The minimum absolute atomic E-state index is 0.117. The number of rotatable bonds is 5. The van der Waals surface area contributed by atoms with E-state index in [4.69, 9.17) is 4.42 Å². The monoisotopic (exact) mass is 398 g/mol. The topological polar surface area (TPSA) is 55.1 Å². The fourth-order valence-electron chi connectivity index (χ4n) is 3.62. The van der Waals surface area contributed by atoms with E-state index in [1.807, 2.05) is 56.3 Å². The molecule has 4 heteroatoms. The summed E-state index contributed by atoms with van der Waals surface area (Å²) in [5.41, 5.74) is 7.34. The maximum absolute atomic E-state index is 12.6. The lowest BCUT2D eigenvalue weighted by atomic mass is 9.98. The van der Waals surface area contributed by atoms with Crippen LogP contribution in [0.1, 0.15) is 53.2 Å². The number of aryl methyl sites for hydroxylation is 2. The quantitative estimate of drug-likeness (QED) is 0.399. The van der Waals surface area contributed by atoms with Crippen molar-refractivity contribution in [3.8, 4) is 11.5 Å². The molecule has 1 N–H and O–H groups in total. The number of nitrogens with one attached hydrogen (secondary N) is 1. The second kappa shape index (κ2) is 8.15. The Hall–Kier alpha value is -3.40. The van der Waals surface area contributed by atoms with Crippen molar-refractivity contribution in [1.29, 1.82) is 0 Å². The summed E-state index contributed by atoms with van der Waals surface area (Å²) in [6, 6.07) is 19.6. The first kappa shape index (κ1) is 19.9. The molecule has 4 nitrogen and oxygen atoms in total. The first-order valence-electron chi connectivity index (χ1n) is 10.3. The van der Waals surface area contributed by atoms with Gasteiger partial charge in [-0.1, -0.05) is 37.1 Å². The van der Waals surface area contributed by atoms with E-state index in [0.717, 1.165) is 39.9 Å². The number of carbonyl (C=O) groups is 1. The molecule has 4 rings (SSSR count). The second-order valence-electron chi connectivity index (χ2n) is 7.96. The van der Waals surface area contributed by atoms with Crippen LogP contribution in [0.4, 0.5) is 5.69 Å². The Labute approximate surface area is 177 Å². The zero-order chi connectivity index (χ0) is 21.3. The number of carbonyl (C=O) groups excluding carboxylic acids is 1. The Morgan fingerprint density at radius 3 is 2.37 bits per heavy atom. The fourth-order valence-corrected chi connectivity index (χ4v) is 3.62.